The van der Waals surface area contributed by atoms with Gasteiger partial charge in [-0.2, -0.15) is 0 Å². The summed E-state index contributed by atoms with van der Waals surface area (Å²) in [6.45, 7) is 0. The van der Waals surface area contributed by atoms with Gasteiger partial charge in [0.15, 0.2) is 0 Å². The average Bonchev–Trinajstić information content (AvgIpc) is 2.36. The molecule has 6 heteroatoms. The zero-order valence-electron chi connectivity index (χ0n) is 9.58. The molecule has 0 unspecified atom stereocenters. The van der Waals surface area contributed by atoms with Gasteiger partial charge in [0, 0.05) is 5.69 Å². The quantitative estimate of drug-likeness (QED) is 0.634. The summed E-state index contributed by atoms with van der Waals surface area (Å²) in [5, 5.41) is 3.58. The first kappa shape index (κ1) is 14.0. The number of para-hydroxylation sites is 1. The second-order valence-electron chi connectivity index (χ2n) is 3.79. The predicted octanol–water partition coefficient (Wildman–Crippen LogP) is 4.48. The molecular weight excluding hydrogens is 307 g/mol. The smallest absolute Gasteiger partial charge is 0.257 e. The first-order valence-electron chi connectivity index (χ1n) is 5.29. The van der Waals surface area contributed by atoms with Crippen molar-refractivity contribution >= 4 is 52.1 Å². The first-order valence-corrected chi connectivity index (χ1v) is 6.43. The normalized spacial score (nSPS) is 10.3. The van der Waals surface area contributed by atoms with E-state index < -0.39 is 0 Å². The van der Waals surface area contributed by atoms with E-state index in [1.807, 2.05) is 0 Å². The molecule has 3 N–H and O–H groups in total. The summed E-state index contributed by atoms with van der Waals surface area (Å²) in [5.41, 5.74) is 6.86. The Morgan fingerprint density at radius 1 is 1.00 bits per heavy atom. The number of nitrogen functional groups attached to an aromatic ring is 1. The Kier molecular flexibility index (Phi) is 4.20. The van der Waals surface area contributed by atoms with Gasteiger partial charge in [0.2, 0.25) is 0 Å². The van der Waals surface area contributed by atoms with Crippen LogP contribution < -0.4 is 11.1 Å². The monoisotopic (exact) mass is 314 g/mol. The Bertz CT molecular complexity index is 644. The Morgan fingerprint density at radius 3 is 2.32 bits per heavy atom. The van der Waals surface area contributed by atoms with Crippen LogP contribution in [0.4, 0.5) is 11.4 Å². The number of hydrogen-bond acceptors (Lipinski definition) is 2. The number of hydrogen-bond donors (Lipinski definition) is 2. The summed E-state index contributed by atoms with van der Waals surface area (Å²) in [6, 6.07) is 9.69. The fourth-order valence-electron chi connectivity index (χ4n) is 1.51. The summed E-state index contributed by atoms with van der Waals surface area (Å²) >= 11 is 17.7. The van der Waals surface area contributed by atoms with Gasteiger partial charge < -0.3 is 11.1 Å². The molecule has 0 atom stereocenters. The van der Waals surface area contributed by atoms with Crippen LogP contribution in [0.5, 0.6) is 0 Å². The van der Waals surface area contributed by atoms with Gasteiger partial charge in [-0.25, -0.2) is 0 Å². The second-order valence-corrected chi connectivity index (χ2v) is 5.01. The number of nitrogens with two attached hydrogens (primary N) is 1. The van der Waals surface area contributed by atoms with Crippen molar-refractivity contribution < 1.29 is 4.79 Å². The molecule has 2 aromatic carbocycles. The third-order valence-corrected chi connectivity index (χ3v) is 3.50. The number of carbonyl (C=O) groups excluding carboxylic acids is 1. The molecule has 0 saturated heterocycles. The lowest BCUT2D eigenvalue weighted by molar-refractivity contribution is 0.102. The minimum Gasteiger partial charge on any atom is -0.398 e. The van der Waals surface area contributed by atoms with E-state index in [1.54, 1.807) is 24.3 Å². The van der Waals surface area contributed by atoms with E-state index in [4.69, 9.17) is 40.5 Å². The molecule has 0 aromatic heterocycles. The fourth-order valence-corrected chi connectivity index (χ4v) is 2.11. The van der Waals surface area contributed by atoms with Crippen LogP contribution in [-0.4, -0.2) is 5.91 Å². The molecule has 98 valence electrons. The average molecular weight is 316 g/mol. The van der Waals surface area contributed by atoms with E-state index in [1.165, 1.54) is 12.1 Å². The Labute approximate surface area is 125 Å². The predicted molar refractivity (Wildman–Crippen MR) is 80.3 cm³/mol. The summed E-state index contributed by atoms with van der Waals surface area (Å²) < 4.78 is 0. The lowest BCUT2D eigenvalue weighted by Crippen LogP contribution is -2.14. The van der Waals surface area contributed by atoms with Crippen LogP contribution in [0.1, 0.15) is 10.4 Å². The Morgan fingerprint density at radius 2 is 1.63 bits per heavy atom. The first-order chi connectivity index (χ1) is 8.99. The van der Waals surface area contributed by atoms with Crippen LogP contribution in [-0.2, 0) is 0 Å². The van der Waals surface area contributed by atoms with E-state index in [0.717, 1.165) is 0 Å². The second kappa shape index (κ2) is 5.70. The third kappa shape index (κ3) is 3.13. The molecule has 3 nitrogen and oxygen atoms in total. The highest BCUT2D eigenvalue weighted by molar-refractivity contribution is 6.44. The standard InChI is InChI=1S/C13H9Cl3N2O/c14-8-5-10(16)12(6-9(8)15)18-13(19)7-3-1-2-4-11(7)17/h1-6H,17H2,(H,18,19). The largest absolute Gasteiger partial charge is 0.398 e. The van der Waals surface area contributed by atoms with Crippen LogP contribution in [0.2, 0.25) is 15.1 Å². The van der Waals surface area contributed by atoms with Crippen LogP contribution in [0.3, 0.4) is 0 Å². The molecule has 2 rings (SSSR count). The summed E-state index contributed by atoms with van der Waals surface area (Å²) in [5.74, 6) is -0.363. The SMILES string of the molecule is Nc1ccccc1C(=O)Nc1cc(Cl)c(Cl)cc1Cl. The Balaban J connectivity index is 2.30. The Hall–Kier alpha value is -1.42. The van der Waals surface area contributed by atoms with Crippen molar-refractivity contribution in [3.05, 3.63) is 57.0 Å². The highest BCUT2D eigenvalue weighted by atomic mass is 35.5. The number of carbonyl (C=O) groups is 1. The molecule has 19 heavy (non-hydrogen) atoms. The van der Waals surface area contributed by atoms with Crippen LogP contribution in [0.25, 0.3) is 0 Å². The zero-order valence-corrected chi connectivity index (χ0v) is 11.9. The van der Waals surface area contributed by atoms with Crippen LogP contribution >= 0.6 is 34.8 Å². The number of anilines is 2. The molecule has 0 spiro atoms. The van der Waals surface area contributed by atoms with Gasteiger partial charge in [-0.15, -0.1) is 0 Å². The fraction of sp³-hybridized carbons (Fsp3) is 0. The van der Waals surface area contributed by atoms with Crippen molar-refractivity contribution in [2.75, 3.05) is 11.1 Å². The molecule has 0 saturated carbocycles. The number of rotatable bonds is 2. The molecule has 0 aliphatic rings. The van der Waals surface area contributed by atoms with Gasteiger partial charge in [-0.3, -0.25) is 4.79 Å². The van der Waals surface area contributed by atoms with E-state index in [9.17, 15) is 4.79 Å². The maximum atomic E-state index is 12.1. The summed E-state index contributed by atoms with van der Waals surface area (Å²) in [4.78, 5) is 12.1. The number of nitrogens with one attached hydrogen (secondary N) is 1. The molecule has 0 aliphatic carbocycles. The highest BCUT2D eigenvalue weighted by Gasteiger charge is 2.12. The minimum absolute atomic E-state index is 0.303. The van der Waals surface area contributed by atoms with E-state index >= 15 is 0 Å². The maximum absolute atomic E-state index is 12.1. The number of halogens is 3. The maximum Gasteiger partial charge on any atom is 0.257 e. The van der Waals surface area contributed by atoms with Crippen LogP contribution in [0, 0.1) is 0 Å². The van der Waals surface area contributed by atoms with Crippen molar-refractivity contribution in [3.63, 3.8) is 0 Å². The lowest BCUT2D eigenvalue weighted by Gasteiger charge is -2.10. The molecule has 2 aromatic rings. The topological polar surface area (TPSA) is 55.1 Å². The summed E-state index contributed by atoms with van der Waals surface area (Å²) in [6.07, 6.45) is 0. The lowest BCUT2D eigenvalue weighted by atomic mass is 10.1. The van der Waals surface area contributed by atoms with Gasteiger partial charge >= 0.3 is 0 Å². The van der Waals surface area contributed by atoms with Gasteiger partial charge in [-0.05, 0) is 24.3 Å². The van der Waals surface area contributed by atoms with E-state index in [-0.39, 0.29) is 5.91 Å². The molecule has 0 fully saturated rings. The van der Waals surface area contributed by atoms with Crippen molar-refractivity contribution in [1.82, 2.24) is 0 Å². The van der Waals surface area contributed by atoms with Crippen molar-refractivity contribution in [2.24, 2.45) is 0 Å². The van der Waals surface area contributed by atoms with Crippen molar-refractivity contribution in [1.29, 1.82) is 0 Å². The van der Waals surface area contributed by atoms with Gasteiger partial charge in [0.1, 0.15) is 0 Å². The molecule has 0 radical (unpaired) electrons. The highest BCUT2D eigenvalue weighted by Crippen LogP contribution is 2.32. The van der Waals surface area contributed by atoms with Crippen LogP contribution in [0.15, 0.2) is 36.4 Å². The van der Waals surface area contributed by atoms with Gasteiger partial charge in [0.25, 0.3) is 5.91 Å². The summed E-state index contributed by atoms with van der Waals surface area (Å²) in [7, 11) is 0. The number of benzene rings is 2. The van der Waals surface area contributed by atoms with E-state index in [0.29, 0.717) is 32.0 Å². The molecule has 0 heterocycles. The van der Waals surface area contributed by atoms with E-state index in [2.05, 4.69) is 5.32 Å². The molecule has 0 aliphatic heterocycles. The third-order valence-electron chi connectivity index (χ3n) is 2.46. The van der Waals surface area contributed by atoms with Crippen molar-refractivity contribution in [2.45, 2.75) is 0 Å². The molecular formula is C13H9Cl3N2O. The molecule has 0 bridgehead atoms. The van der Waals surface area contributed by atoms with Gasteiger partial charge in [-0.1, -0.05) is 46.9 Å². The van der Waals surface area contributed by atoms with Crippen molar-refractivity contribution in [3.8, 4) is 0 Å². The molecule has 1 amide bonds. The minimum atomic E-state index is -0.363. The van der Waals surface area contributed by atoms with Gasteiger partial charge in [0.05, 0.1) is 26.3 Å². The number of amides is 1. The zero-order chi connectivity index (χ0) is 14.0.